The van der Waals surface area contributed by atoms with Gasteiger partial charge in [0.05, 0.1) is 27.9 Å². The van der Waals surface area contributed by atoms with Crippen LogP contribution in [0.1, 0.15) is 17.2 Å². The second kappa shape index (κ2) is 8.74. The first-order valence-corrected chi connectivity index (χ1v) is 8.79. The number of allylic oxidation sites excluding steroid dienone is 1. The number of carbonyl (C=O) groups excluding carboxylic acids is 1. The Kier molecular flexibility index (Phi) is 6.13. The Morgan fingerprint density at radius 1 is 1.03 bits per heavy atom. The first kappa shape index (κ1) is 20.3. The molecule has 0 spiro atoms. The van der Waals surface area contributed by atoms with E-state index < -0.39 is 12.2 Å². The van der Waals surface area contributed by atoms with Gasteiger partial charge in [-0.2, -0.15) is 0 Å². The molecule has 0 radical (unpaired) electrons. The fourth-order valence-electron chi connectivity index (χ4n) is 3.17. The predicted molar refractivity (Wildman–Crippen MR) is 104 cm³/mol. The van der Waals surface area contributed by atoms with Crippen molar-refractivity contribution in [2.24, 2.45) is 0 Å². The van der Waals surface area contributed by atoms with Crippen LogP contribution in [0.25, 0.3) is 6.08 Å². The molecule has 2 N–H and O–H groups in total. The number of benzene rings is 2. The Balaban J connectivity index is 2.06. The van der Waals surface area contributed by atoms with E-state index in [2.05, 4.69) is 0 Å². The maximum atomic E-state index is 10.6. The molecule has 0 fully saturated rings. The second-order valence-electron chi connectivity index (χ2n) is 6.20. The highest BCUT2D eigenvalue weighted by Crippen LogP contribution is 2.48. The van der Waals surface area contributed by atoms with Gasteiger partial charge in [0.1, 0.15) is 6.29 Å². The Morgan fingerprint density at radius 2 is 1.72 bits per heavy atom. The fourth-order valence-corrected chi connectivity index (χ4v) is 3.17. The number of aromatic hydroxyl groups is 1. The van der Waals surface area contributed by atoms with Gasteiger partial charge in [-0.1, -0.05) is 6.08 Å². The number of ether oxygens (including phenoxy) is 5. The van der Waals surface area contributed by atoms with Crippen LogP contribution < -0.4 is 23.7 Å². The van der Waals surface area contributed by atoms with Gasteiger partial charge in [0.15, 0.2) is 35.2 Å². The normalized spacial score (nSPS) is 17.8. The number of fused-ring (bicyclic) bond motifs is 1. The van der Waals surface area contributed by atoms with E-state index >= 15 is 0 Å². The van der Waals surface area contributed by atoms with E-state index in [9.17, 15) is 15.0 Å². The van der Waals surface area contributed by atoms with Crippen LogP contribution in [0.2, 0.25) is 0 Å². The quantitative estimate of drug-likeness (QED) is 0.538. The smallest absolute Gasteiger partial charge is 0.203 e. The molecule has 0 bridgehead atoms. The van der Waals surface area contributed by atoms with Gasteiger partial charge >= 0.3 is 0 Å². The van der Waals surface area contributed by atoms with Crippen LogP contribution >= 0.6 is 0 Å². The average Bonchev–Trinajstić information content (AvgIpc) is 2.75. The van der Waals surface area contributed by atoms with Crippen LogP contribution in [0.3, 0.4) is 0 Å². The summed E-state index contributed by atoms with van der Waals surface area (Å²) < 4.78 is 28.0. The zero-order chi connectivity index (χ0) is 21.0. The molecular formula is C21H22O8. The molecule has 2 aromatic carbocycles. The summed E-state index contributed by atoms with van der Waals surface area (Å²) >= 11 is 0. The molecule has 0 amide bonds. The van der Waals surface area contributed by atoms with E-state index in [1.165, 1.54) is 39.5 Å². The van der Waals surface area contributed by atoms with E-state index in [0.29, 0.717) is 34.7 Å². The second-order valence-corrected chi connectivity index (χ2v) is 6.20. The summed E-state index contributed by atoms with van der Waals surface area (Å²) in [5, 5.41) is 20.1. The van der Waals surface area contributed by atoms with Crippen molar-refractivity contribution in [3.8, 4) is 34.5 Å². The number of aliphatic hydroxyl groups excluding tert-OH is 1. The Morgan fingerprint density at radius 3 is 2.28 bits per heavy atom. The minimum absolute atomic E-state index is 0.121. The number of phenols is 1. The highest BCUT2D eigenvalue weighted by Gasteiger charge is 2.35. The van der Waals surface area contributed by atoms with Gasteiger partial charge in [0.25, 0.3) is 0 Å². The number of aldehydes is 1. The minimum atomic E-state index is -0.785. The number of carbonyl (C=O) groups is 1. The van der Waals surface area contributed by atoms with Crippen LogP contribution in [-0.4, -0.2) is 50.5 Å². The highest BCUT2D eigenvalue weighted by atomic mass is 16.6. The van der Waals surface area contributed by atoms with Crippen LogP contribution in [0, 0.1) is 0 Å². The number of aliphatic hydroxyl groups is 1. The van der Waals surface area contributed by atoms with Gasteiger partial charge in [0, 0.05) is 5.56 Å². The number of hydrogen-bond acceptors (Lipinski definition) is 8. The molecule has 1 heterocycles. The summed E-state index contributed by atoms with van der Waals surface area (Å²) in [6.45, 7) is -0.354. The maximum absolute atomic E-state index is 10.6. The van der Waals surface area contributed by atoms with Crippen LogP contribution in [0.4, 0.5) is 0 Å². The molecule has 8 heteroatoms. The third-order valence-corrected chi connectivity index (χ3v) is 4.48. The van der Waals surface area contributed by atoms with Gasteiger partial charge in [-0.15, -0.1) is 0 Å². The van der Waals surface area contributed by atoms with Gasteiger partial charge in [0.2, 0.25) is 11.5 Å². The largest absolute Gasteiger partial charge is 0.504 e. The van der Waals surface area contributed by atoms with Gasteiger partial charge in [-0.25, -0.2) is 0 Å². The third kappa shape index (κ3) is 3.93. The fraction of sp³-hybridized carbons (Fsp3) is 0.286. The molecule has 2 atom stereocenters. The third-order valence-electron chi connectivity index (χ3n) is 4.48. The molecule has 1 aliphatic heterocycles. The lowest BCUT2D eigenvalue weighted by atomic mass is 10.0. The highest BCUT2D eigenvalue weighted by molar-refractivity contribution is 5.75. The maximum Gasteiger partial charge on any atom is 0.203 e. The van der Waals surface area contributed by atoms with Crippen molar-refractivity contribution >= 4 is 12.4 Å². The van der Waals surface area contributed by atoms with E-state index in [0.717, 1.165) is 0 Å². The van der Waals surface area contributed by atoms with Crippen molar-refractivity contribution in [1.82, 2.24) is 0 Å². The number of methoxy groups -OCH3 is 3. The SMILES string of the molecule is COc1cc(C2Oc3cc(C=CC=O)cc(O)c3OC2CO)cc(OC)c1OC. The summed E-state index contributed by atoms with van der Waals surface area (Å²) in [4.78, 5) is 10.6. The topological polar surface area (TPSA) is 104 Å². The monoisotopic (exact) mass is 402 g/mol. The summed E-state index contributed by atoms with van der Waals surface area (Å²) in [5.74, 6) is 1.53. The van der Waals surface area contributed by atoms with Gasteiger partial charge in [-0.3, -0.25) is 4.79 Å². The summed E-state index contributed by atoms with van der Waals surface area (Å²) in [7, 11) is 4.51. The van der Waals surface area contributed by atoms with Gasteiger partial charge in [-0.05, 0) is 35.9 Å². The molecular weight excluding hydrogens is 380 g/mol. The van der Waals surface area contributed by atoms with E-state index in [1.54, 1.807) is 18.2 Å². The zero-order valence-corrected chi connectivity index (χ0v) is 16.2. The van der Waals surface area contributed by atoms with Crippen LogP contribution in [0.5, 0.6) is 34.5 Å². The molecule has 154 valence electrons. The lowest BCUT2D eigenvalue weighted by Crippen LogP contribution is -2.36. The predicted octanol–water partition coefficient (Wildman–Crippen LogP) is 2.50. The standard InChI is InChI=1S/C21H22O8/c1-25-15-9-13(10-16(26-2)21(15)27-3)19-18(11-23)29-20-14(24)7-12(5-4-6-22)8-17(20)28-19/h4-10,18-19,23-24H,11H2,1-3H3. The van der Waals surface area contributed by atoms with E-state index in [-0.39, 0.29) is 23.9 Å². The molecule has 8 nitrogen and oxygen atoms in total. The van der Waals surface area contributed by atoms with Crippen molar-refractivity contribution < 1.29 is 38.7 Å². The molecule has 2 aromatic rings. The average molecular weight is 402 g/mol. The lowest BCUT2D eigenvalue weighted by Gasteiger charge is -2.34. The summed E-state index contributed by atoms with van der Waals surface area (Å²) in [6.07, 6.45) is 1.97. The molecule has 2 unspecified atom stereocenters. The van der Waals surface area contributed by atoms with E-state index in [4.69, 9.17) is 23.7 Å². The first-order chi connectivity index (χ1) is 14.1. The van der Waals surface area contributed by atoms with Crippen LogP contribution in [-0.2, 0) is 4.79 Å². The summed E-state index contributed by atoms with van der Waals surface area (Å²) in [6, 6.07) is 6.49. The van der Waals surface area contributed by atoms with Gasteiger partial charge < -0.3 is 33.9 Å². The molecule has 0 saturated carbocycles. The lowest BCUT2D eigenvalue weighted by molar-refractivity contribution is -0.104. The van der Waals surface area contributed by atoms with Crippen molar-refractivity contribution in [2.45, 2.75) is 12.2 Å². The van der Waals surface area contributed by atoms with E-state index in [1.807, 2.05) is 0 Å². The zero-order valence-electron chi connectivity index (χ0n) is 16.2. The molecule has 29 heavy (non-hydrogen) atoms. The van der Waals surface area contributed by atoms with Crippen molar-refractivity contribution in [3.05, 3.63) is 41.5 Å². The molecule has 1 aliphatic rings. The Labute approximate surface area is 167 Å². The van der Waals surface area contributed by atoms with Crippen LogP contribution in [0.15, 0.2) is 30.3 Å². The van der Waals surface area contributed by atoms with Crippen molar-refractivity contribution in [3.63, 3.8) is 0 Å². The first-order valence-electron chi connectivity index (χ1n) is 8.79. The van der Waals surface area contributed by atoms with Crippen molar-refractivity contribution in [1.29, 1.82) is 0 Å². The molecule has 0 aliphatic carbocycles. The summed E-state index contributed by atoms with van der Waals surface area (Å²) in [5.41, 5.74) is 1.18. The number of phenolic OH excluding ortho intramolecular Hbond substituents is 1. The Hall–Kier alpha value is -3.39. The molecule has 0 saturated heterocycles. The number of rotatable bonds is 7. The molecule has 0 aromatic heterocycles. The number of hydrogen-bond donors (Lipinski definition) is 2. The minimum Gasteiger partial charge on any atom is -0.504 e. The van der Waals surface area contributed by atoms with Crippen molar-refractivity contribution in [2.75, 3.05) is 27.9 Å². The molecule has 3 rings (SSSR count). The Bertz CT molecular complexity index is 896.